The first kappa shape index (κ1) is 77.6. The summed E-state index contributed by atoms with van der Waals surface area (Å²) >= 11 is 38.0. The van der Waals surface area contributed by atoms with Crippen molar-refractivity contribution in [3.63, 3.8) is 0 Å². The standard InChI is InChI=1S/C18H15ClSi.C13H13ClSi.C13H30Si.C8H11ClSi.C6H15ClSi.C5H13ClSi.C3H9ClSi/c19-20(16-10-4-1-5-11-16,17-12-6-2-7-13-17)18-14-8-3-9-15-18;1-15(14,12-8-4-2-5-9-12)13-10-6-3-7-11-13;1-11(2,3)14(10,12(4,5)6)13(7,8)9;1-10(2,9)8-6-4-3-5-7-8;1-6(2,3)8(4,5)7;1-5(2)7(3,4)6;1-5(2,3)4/h1-15H;2-11H,1H3;1-10H3;3-7H,1-2H3;1-5H3;5H,1-4H3;1-3H3. The van der Waals surface area contributed by atoms with Crippen molar-refractivity contribution in [1.82, 2.24) is 0 Å². The molecule has 0 fully saturated rings. The molecule has 0 saturated carbocycles. The molecule has 0 unspecified atom stereocenters. The van der Waals surface area contributed by atoms with Crippen LogP contribution in [0.5, 0.6) is 0 Å². The van der Waals surface area contributed by atoms with Gasteiger partial charge in [0.15, 0.2) is 22.2 Å². The number of rotatable bonds is 7. The molecule has 6 aromatic carbocycles. The topological polar surface area (TPSA) is 0 Å². The lowest BCUT2D eigenvalue weighted by molar-refractivity contribution is 0.538. The summed E-state index contributed by atoms with van der Waals surface area (Å²) in [6.45, 7) is 56.8. The Kier molecular flexibility index (Phi) is 32.2. The highest BCUT2D eigenvalue weighted by Gasteiger charge is 2.55. The molecule has 0 spiro atoms. The smallest absolute Gasteiger partial charge is 0.168 e. The fraction of sp³-hybridized carbons (Fsp3) is 0.455. The lowest BCUT2D eigenvalue weighted by Gasteiger charge is -2.57. The zero-order chi connectivity index (χ0) is 61.8. The quantitative estimate of drug-likeness (QED) is 0.0849. The van der Waals surface area contributed by atoms with E-state index < -0.39 is 52.4 Å². The number of benzene rings is 6. The third-order valence-electron chi connectivity index (χ3n) is 15.3. The van der Waals surface area contributed by atoms with Crippen molar-refractivity contribution < 1.29 is 0 Å². The van der Waals surface area contributed by atoms with Crippen LogP contribution in [0.15, 0.2) is 182 Å². The molecule has 6 rings (SSSR count). The minimum absolute atomic E-state index is 0.342. The summed E-state index contributed by atoms with van der Waals surface area (Å²) < 4.78 is 0. The first-order valence-electron chi connectivity index (χ1n) is 28.0. The van der Waals surface area contributed by atoms with Crippen molar-refractivity contribution in [3.05, 3.63) is 182 Å². The van der Waals surface area contributed by atoms with E-state index in [1.165, 1.54) is 31.1 Å². The largest absolute Gasteiger partial charge is 0.247 e. The summed E-state index contributed by atoms with van der Waals surface area (Å²) in [4.78, 5) is 0. The van der Waals surface area contributed by atoms with Gasteiger partial charge in [-0.05, 0) is 63.4 Å². The monoisotopic (exact) mass is 1300 g/mol. The van der Waals surface area contributed by atoms with E-state index in [0.717, 1.165) is 0 Å². The summed E-state index contributed by atoms with van der Waals surface area (Å²) in [5.41, 5.74) is 0.703. The van der Waals surface area contributed by atoms with Crippen LogP contribution in [0, 0.1) is 0 Å². The normalized spacial score (nSPS) is 12.6. The molecule has 0 radical (unpaired) electrons. The van der Waals surface area contributed by atoms with Gasteiger partial charge in [-0.3, -0.25) is 0 Å². The number of halogens is 6. The van der Waals surface area contributed by atoms with Crippen LogP contribution >= 0.6 is 66.5 Å². The van der Waals surface area contributed by atoms with Gasteiger partial charge in [-0.2, -0.15) is 55.4 Å². The van der Waals surface area contributed by atoms with Crippen LogP contribution in [-0.4, -0.2) is 52.4 Å². The zero-order valence-electron chi connectivity index (χ0n) is 53.7. The molecular formula is C66H106Cl6Si7. The van der Waals surface area contributed by atoms with Crippen molar-refractivity contribution in [3.8, 4) is 0 Å². The molecule has 0 heterocycles. The second-order valence-corrected chi connectivity index (χ2v) is 73.0. The van der Waals surface area contributed by atoms with Crippen LogP contribution in [0.2, 0.25) is 97.7 Å². The lowest BCUT2D eigenvalue weighted by atomic mass is 10.2. The first-order valence-corrected chi connectivity index (χ1v) is 53.7. The molecule has 0 saturated heterocycles. The Labute approximate surface area is 521 Å². The summed E-state index contributed by atoms with van der Waals surface area (Å²) in [5, 5.41) is 9.22. The van der Waals surface area contributed by atoms with Crippen LogP contribution in [0.3, 0.4) is 0 Å². The summed E-state index contributed by atoms with van der Waals surface area (Å²) in [5.74, 6) is 0. The second-order valence-electron chi connectivity index (χ2n) is 27.7. The first-order chi connectivity index (χ1) is 35.6. The Bertz CT molecular complexity index is 2340. The van der Waals surface area contributed by atoms with Gasteiger partial charge in [-0.15, -0.1) is 11.1 Å². The highest BCUT2D eigenvalue weighted by Crippen LogP contribution is 2.61. The molecule has 6 aromatic rings. The second kappa shape index (κ2) is 32.7. The van der Waals surface area contributed by atoms with Crippen molar-refractivity contribution in [2.45, 2.75) is 195 Å². The average molecular weight is 1310 g/mol. The lowest BCUT2D eigenvalue weighted by Crippen LogP contribution is -2.62. The van der Waals surface area contributed by atoms with Gasteiger partial charge in [-0.1, -0.05) is 344 Å². The van der Waals surface area contributed by atoms with E-state index in [-0.39, 0.29) is 0 Å². The molecular weight excluding hydrogens is 1200 g/mol. The maximum Gasteiger partial charge on any atom is 0.247 e. The van der Waals surface area contributed by atoms with Gasteiger partial charge in [-0.25, -0.2) is 0 Å². The minimum Gasteiger partial charge on any atom is -0.168 e. The molecule has 0 N–H and O–H groups in total. The Morgan fingerprint density at radius 2 is 0.456 bits per heavy atom. The van der Waals surface area contributed by atoms with E-state index in [1.807, 2.05) is 72.8 Å². The maximum absolute atomic E-state index is 7.25. The molecule has 0 nitrogen and oxygen atoms in total. The van der Waals surface area contributed by atoms with E-state index in [2.05, 4.69) is 278 Å². The summed E-state index contributed by atoms with van der Waals surface area (Å²) in [6, 6.07) is 62.3. The van der Waals surface area contributed by atoms with Gasteiger partial charge in [0, 0.05) is 0 Å². The Balaban J connectivity index is 0.000000939. The summed E-state index contributed by atoms with van der Waals surface area (Å²) in [6.07, 6.45) is 0. The van der Waals surface area contributed by atoms with Crippen molar-refractivity contribution in [2.75, 3.05) is 0 Å². The molecule has 0 aliphatic rings. The maximum atomic E-state index is 7.25. The van der Waals surface area contributed by atoms with Crippen molar-refractivity contribution >= 4 is 150 Å². The van der Waals surface area contributed by atoms with Gasteiger partial charge >= 0.3 is 0 Å². The highest BCUT2D eigenvalue weighted by atomic mass is 35.6. The van der Waals surface area contributed by atoms with Crippen LogP contribution < -0.4 is 31.1 Å². The van der Waals surface area contributed by atoms with E-state index in [0.29, 0.717) is 25.7 Å². The molecule has 0 amide bonds. The predicted octanol–water partition coefficient (Wildman–Crippen LogP) is 21.4. The molecule has 0 atom stereocenters. The van der Waals surface area contributed by atoms with Gasteiger partial charge < -0.3 is 0 Å². The van der Waals surface area contributed by atoms with Crippen LogP contribution in [0.4, 0.5) is 0 Å². The SMILES string of the molecule is CC(C)(C)[Si](C)(C(C)(C)C)C(C)(C)C.CC(C)(C)[Si](C)(C)Cl.CC(C)[Si](C)(C)Cl.C[Si](C)(C)Cl.C[Si](C)(Cl)c1ccccc1.C[Si](Cl)(c1ccccc1)c1ccccc1.Cl[Si](c1ccccc1)(c1ccccc1)c1ccccc1. The average Bonchev–Trinajstić information content (AvgIpc) is 3.33. The van der Waals surface area contributed by atoms with Crippen LogP contribution in [0.25, 0.3) is 0 Å². The third-order valence-corrected chi connectivity index (χ3v) is 45.4. The molecule has 0 aliphatic carbocycles. The molecule has 79 heavy (non-hydrogen) atoms. The van der Waals surface area contributed by atoms with Crippen molar-refractivity contribution in [1.29, 1.82) is 0 Å². The van der Waals surface area contributed by atoms with Crippen molar-refractivity contribution in [2.24, 2.45) is 0 Å². The van der Waals surface area contributed by atoms with E-state index in [4.69, 9.17) is 66.5 Å². The van der Waals surface area contributed by atoms with Gasteiger partial charge in [0.2, 0.25) is 14.8 Å². The molecule has 0 aromatic heterocycles. The Hall–Kier alpha value is -1.42. The predicted molar refractivity (Wildman–Crippen MR) is 390 cm³/mol. The Morgan fingerprint density at radius 1 is 0.291 bits per heavy atom. The van der Waals surface area contributed by atoms with Crippen LogP contribution in [-0.2, 0) is 0 Å². The Morgan fingerprint density at radius 3 is 0.570 bits per heavy atom. The fourth-order valence-corrected chi connectivity index (χ4v) is 23.3. The molecule has 0 aliphatic heterocycles. The fourth-order valence-electron chi connectivity index (χ4n) is 8.38. The highest BCUT2D eigenvalue weighted by molar-refractivity contribution is 7.40. The van der Waals surface area contributed by atoms with Crippen LogP contribution in [0.1, 0.15) is 96.9 Å². The molecule has 0 bridgehead atoms. The number of hydrogen-bond acceptors (Lipinski definition) is 0. The van der Waals surface area contributed by atoms with Gasteiger partial charge in [0.25, 0.3) is 0 Å². The minimum atomic E-state index is -2.41. The van der Waals surface area contributed by atoms with Gasteiger partial charge in [0.1, 0.15) is 7.38 Å². The van der Waals surface area contributed by atoms with E-state index in [9.17, 15) is 0 Å². The van der Waals surface area contributed by atoms with E-state index in [1.54, 1.807) is 0 Å². The van der Waals surface area contributed by atoms with E-state index >= 15 is 0 Å². The molecule has 440 valence electrons. The van der Waals surface area contributed by atoms with Gasteiger partial charge in [0.05, 0.1) is 8.07 Å². The summed E-state index contributed by atoms with van der Waals surface area (Å²) in [7, 11) is -11.1. The molecule has 13 heteroatoms. The number of hydrogen-bond donors (Lipinski definition) is 0. The third kappa shape index (κ3) is 27.4. The zero-order valence-corrected chi connectivity index (χ0v) is 65.2.